The van der Waals surface area contributed by atoms with E-state index in [1.807, 2.05) is 37.3 Å². The maximum Gasteiger partial charge on any atom is 0.258 e. The van der Waals surface area contributed by atoms with E-state index in [1.165, 1.54) is 7.11 Å². The molecule has 37 heavy (non-hydrogen) atoms. The van der Waals surface area contributed by atoms with Gasteiger partial charge in [-0.1, -0.05) is 6.07 Å². The third kappa shape index (κ3) is 5.50. The van der Waals surface area contributed by atoms with Gasteiger partial charge in [0.1, 0.15) is 29.6 Å². The molecular weight excluding hydrogens is 476 g/mol. The van der Waals surface area contributed by atoms with Gasteiger partial charge in [-0.3, -0.25) is 9.59 Å². The predicted molar refractivity (Wildman–Crippen MR) is 134 cm³/mol. The van der Waals surface area contributed by atoms with Crippen LogP contribution in [0.25, 0.3) is 0 Å². The maximum absolute atomic E-state index is 13.7. The number of furan rings is 1. The Morgan fingerprint density at radius 1 is 0.946 bits per heavy atom. The van der Waals surface area contributed by atoms with Crippen molar-refractivity contribution in [3.05, 3.63) is 71.2 Å². The van der Waals surface area contributed by atoms with Gasteiger partial charge in [0.05, 0.1) is 26.3 Å². The van der Waals surface area contributed by atoms with E-state index in [2.05, 4.69) is 0 Å². The predicted octanol–water partition coefficient (Wildman–Crippen LogP) is 4.17. The highest BCUT2D eigenvalue weighted by atomic mass is 16.7. The summed E-state index contributed by atoms with van der Waals surface area (Å²) >= 11 is 0. The van der Waals surface area contributed by atoms with Crippen molar-refractivity contribution in [2.75, 3.05) is 27.6 Å². The molecule has 0 atom stereocenters. The molecule has 1 aliphatic carbocycles. The molecule has 1 saturated carbocycles. The number of amides is 2. The molecule has 1 aromatic heterocycles. The Hall–Kier alpha value is -4.14. The van der Waals surface area contributed by atoms with Gasteiger partial charge in [0.15, 0.2) is 11.5 Å². The first-order valence-corrected chi connectivity index (χ1v) is 12.2. The fourth-order valence-corrected chi connectivity index (χ4v) is 4.38. The van der Waals surface area contributed by atoms with E-state index in [4.69, 9.17) is 23.4 Å². The molecule has 2 aromatic carbocycles. The van der Waals surface area contributed by atoms with Gasteiger partial charge in [0.2, 0.25) is 12.7 Å². The lowest BCUT2D eigenvalue weighted by molar-refractivity contribution is -0.133. The van der Waals surface area contributed by atoms with Crippen molar-refractivity contribution < 1.29 is 33.0 Å². The van der Waals surface area contributed by atoms with Crippen molar-refractivity contribution in [2.45, 2.75) is 38.9 Å². The second kappa shape index (κ2) is 10.5. The molecule has 194 valence electrons. The maximum atomic E-state index is 13.7. The quantitative estimate of drug-likeness (QED) is 0.408. The standard InChI is InChI=1S/C28H30N2O7/c1-18-4-8-22(37-18)15-29(14-19-5-11-24-26(12-19)36-17-35-24)27(31)16-30(20-6-7-20)28(32)23-10-9-21(33-2)13-25(23)34-3/h4-5,8-13,20H,6-7,14-17H2,1-3H3. The van der Waals surface area contributed by atoms with Crippen LogP contribution in [0.1, 0.15) is 40.3 Å². The Kier molecular flexibility index (Phi) is 6.94. The lowest BCUT2D eigenvalue weighted by Gasteiger charge is -2.28. The van der Waals surface area contributed by atoms with Crippen LogP contribution in [0.4, 0.5) is 0 Å². The number of ether oxygens (including phenoxy) is 4. The molecule has 5 rings (SSSR count). The van der Waals surface area contributed by atoms with Gasteiger partial charge < -0.3 is 33.2 Å². The summed E-state index contributed by atoms with van der Waals surface area (Å²) in [6, 6.07) is 14.4. The lowest BCUT2D eigenvalue weighted by atomic mass is 10.1. The highest BCUT2D eigenvalue weighted by molar-refractivity contribution is 5.99. The monoisotopic (exact) mass is 506 g/mol. The minimum absolute atomic E-state index is 0.0153. The number of carbonyl (C=O) groups is 2. The summed E-state index contributed by atoms with van der Waals surface area (Å²) in [4.78, 5) is 30.6. The van der Waals surface area contributed by atoms with Gasteiger partial charge in [-0.25, -0.2) is 0 Å². The van der Waals surface area contributed by atoms with E-state index < -0.39 is 0 Å². The van der Waals surface area contributed by atoms with E-state index in [-0.39, 0.29) is 37.7 Å². The van der Waals surface area contributed by atoms with Gasteiger partial charge in [0, 0.05) is 18.7 Å². The van der Waals surface area contributed by atoms with E-state index in [1.54, 1.807) is 35.1 Å². The van der Waals surface area contributed by atoms with Crippen LogP contribution in [0.2, 0.25) is 0 Å². The number of carbonyl (C=O) groups excluding carboxylic acids is 2. The fraction of sp³-hybridized carbons (Fsp3) is 0.357. The van der Waals surface area contributed by atoms with Crippen molar-refractivity contribution in [1.82, 2.24) is 9.80 Å². The minimum Gasteiger partial charge on any atom is -0.497 e. The van der Waals surface area contributed by atoms with Crippen molar-refractivity contribution >= 4 is 11.8 Å². The number of fused-ring (bicyclic) bond motifs is 1. The van der Waals surface area contributed by atoms with Gasteiger partial charge in [0.25, 0.3) is 5.91 Å². The van der Waals surface area contributed by atoms with E-state index in [0.717, 1.165) is 24.2 Å². The second-order valence-electron chi connectivity index (χ2n) is 9.18. The third-order valence-corrected chi connectivity index (χ3v) is 6.50. The van der Waals surface area contributed by atoms with Crippen LogP contribution in [0.5, 0.6) is 23.0 Å². The van der Waals surface area contributed by atoms with E-state index >= 15 is 0 Å². The topological polar surface area (TPSA) is 90.7 Å². The molecule has 0 N–H and O–H groups in total. The molecule has 0 bridgehead atoms. The van der Waals surface area contributed by atoms with Crippen LogP contribution in [0.3, 0.4) is 0 Å². The molecule has 0 unspecified atom stereocenters. The van der Waals surface area contributed by atoms with Crippen molar-refractivity contribution in [2.24, 2.45) is 0 Å². The highest BCUT2D eigenvalue weighted by Gasteiger charge is 2.36. The van der Waals surface area contributed by atoms with E-state index in [9.17, 15) is 9.59 Å². The lowest BCUT2D eigenvalue weighted by Crippen LogP contribution is -2.43. The highest BCUT2D eigenvalue weighted by Crippen LogP contribution is 2.34. The molecule has 3 aromatic rings. The van der Waals surface area contributed by atoms with Crippen molar-refractivity contribution in [3.8, 4) is 23.0 Å². The average Bonchev–Trinajstić information content (AvgIpc) is 3.50. The van der Waals surface area contributed by atoms with Crippen molar-refractivity contribution in [1.29, 1.82) is 0 Å². The van der Waals surface area contributed by atoms with Gasteiger partial charge in [-0.2, -0.15) is 0 Å². The largest absolute Gasteiger partial charge is 0.497 e. The number of methoxy groups -OCH3 is 2. The van der Waals surface area contributed by atoms with Gasteiger partial charge >= 0.3 is 0 Å². The van der Waals surface area contributed by atoms with Crippen LogP contribution in [0.15, 0.2) is 52.9 Å². The first kappa shape index (κ1) is 24.5. The summed E-state index contributed by atoms with van der Waals surface area (Å²) in [5.74, 6) is 3.35. The van der Waals surface area contributed by atoms with Gasteiger partial charge in [-0.15, -0.1) is 0 Å². The minimum atomic E-state index is -0.243. The number of aryl methyl sites for hydroxylation is 1. The molecule has 2 aliphatic rings. The zero-order chi connectivity index (χ0) is 25.9. The number of benzene rings is 2. The molecule has 9 heteroatoms. The fourth-order valence-electron chi connectivity index (χ4n) is 4.38. The number of rotatable bonds is 10. The first-order valence-electron chi connectivity index (χ1n) is 12.2. The normalized spacial score (nSPS) is 13.8. The van der Waals surface area contributed by atoms with Crippen LogP contribution in [-0.2, 0) is 17.9 Å². The van der Waals surface area contributed by atoms with E-state index in [0.29, 0.717) is 40.9 Å². The number of nitrogens with zero attached hydrogens (tertiary/aromatic N) is 2. The first-order chi connectivity index (χ1) is 17.9. The summed E-state index contributed by atoms with van der Waals surface area (Å²) in [5.41, 5.74) is 1.29. The Morgan fingerprint density at radius 2 is 1.76 bits per heavy atom. The molecule has 1 aliphatic heterocycles. The summed E-state index contributed by atoms with van der Waals surface area (Å²) in [6.07, 6.45) is 1.72. The van der Waals surface area contributed by atoms with Crippen molar-refractivity contribution in [3.63, 3.8) is 0 Å². The molecule has 0 saturated heterocycles. The number of hydrogen-bond donors (Lipinski definition) is 0. The van der Waals surface area contributed by atoms with Crippen LogP contribution in [-0.4, -0.2) is 55.2 Å². The van der Waals surface area contributed by atoms with Crippen LogP contribution >= 0.6 is 0 Å². The Morgan fingerprint density at radius 3 is 2.46 bits per heavy atom. The van der Waals surface area contributed by atoms with Crippen LogP contribution in [0, 0.1) is 6.92 Å². The Labute approximate surface area is 215 Å². The number of hydrogen-bond acceptors (Lipinski definition) is 7. The summed E-state index contributed by atoms with van der Waals surface area (Å²) in [7, 11) is 3.07. The zero-order valence-corrected chi connectivity index (χ0v) is 21.2. The molecule has 9 nitrogen and oxygen atoms in total. The molecule has 2 amide bonds. The second-order valence-corrected chi connectivity index (χ2v) is 9.18. The molecule has 0 spiro atoms. The Bertz CT molecular complexity index is 1300. The SMILES string of the molecule is COc1ccc(C(=O)N(CC(=O)N(Cc2ccc3c(c2)OCO3)Cc2ccc(C)o2)C2CC2)c(OC)c1. The average molecular weight is 507 g/mol. The third-order valence-electron chi connectivity index (χ3n) is 6.50. The zero-order valence-electron chi connectivity index (χ0n) is 21.2. The summed E-state index contributed by atoms with van der Waals surface area (Å²) < 4.78 is 27.4. The summed E-state index contributed by atoms with van der Waals surface area (Å²) in [6.45, 7) is 2.60. The molecule has 1 fully saturated rings. The molecule has 0 radical (unpaired) electrons. The molecular formula is C28H30N2O7. The van der Waals surface area contributed by atoms with Gasteiger partial charge in [-0.05, 0) is 61.7 Å². The molecule has 2 heterocycles. The summed E-state index contributed by atoms with van der Waals surface area (Å²) in [5, 5.41) is 0. The van der Waals surface area contributed by atoms with Crippen LogP contribution < -0.4 is 18.9 Å². The smallest absolute Gasteiger partial charge is 0.258 e. The Balaban J connectivity index is 1.38.